The first kappa shape index (κ1) is 60.0. The quantitative estimate of drug-likeness (QED) is 0.144. The van der Waals surface area contributed by atoms with Crippen LogP contribution in [0.1, 0.15) is 45.7 Å². The lowest BCUT2D eigenvalue weighted by Crippen LogP contribution is -2.49. The highest BCUT2D eigenvalue weighted by atomic mass is 35.5. The Kier molecular flexibility index (Phi) is 19.2. The summed E-state index contributed by atoms with van der Waals surface area (Å²) in [5.74, 6) is -2.84. The topological polar surface area (TPSA) is 189 Å². The molecule has 0 unspecified atom stereocenters. The highest BCUT2D eigenvalue weighted by Crippen LogP contribution is 2.36. The number of halogens is 14. The van der Waals surface area contributed by atoms with Crippen molar-refractivity contribution in [2.45, 2.75) is 60.6 Å². The maximum Gasteiger partial charge on any atom is 0.425 e. The van der Waals surface area contributed by atoms with E-state index >= 15 is 0 Å². The number of aromatic carboxylic acids is 1. The van der Waals surface area contributed by atoms with Gasteiger partial charge in [-0.1, -0.05) is 23.2 Å². The van der Waals surface area contributed by atoms with E-state index in [1.807, 2.05) is 4.90 Å². The Morgan fingerprint density at radius 2 is 0.986 bits per heavy atom. The number of nitrogens with zero attached hydrogens (tertiary/aromatic N) is 5. The Labute approximate surface area is 418 Å². The molecule has 0 bridgehead atoms. The average molecular weight is 1140 g/mol. The molecule has 0 aliphatic carbocycles. The number of amides is 1. The number of carbonyl (C=O) groups excluding carboxylic acids is 1. The zero-order chi connectivity index (χ0) is 55.2. The Morgan fingerprint density at radius 1 is 0.616 bits per heavy atom. The Balaban J connectivity index is 0.000000262. The Hall–Kier alpha value is -5.52. The number of alkyl halides is 12. The summed E-state index contributed by atoms with van der Waals surface area (Å²) in [6.45, 7) is 4.63. The van der Waals surface area contributed by atoms with Crippen LogP contribution in [0.2, 0.25) is 10.0 Å². The van der Waals surface area contributed by atoms with Crippen LogP contribution >= 0.6 is 23.2 Å². The number of rotatable bonds is 10. The third kappa shape index (κ3) is 16.7. The number of carboxylic acid groups (broad SMARTS) is 1. The number of nitrogens with one attached hydrogen (secondary N) is 1. The van der Waals surface area contributed by atoms with E-state index in [9.17, 15) is 79.1 Å². The SMILES string of the molecule is C[C@H](Oc1ccc(S(C)(=O)=O)cc1C(=O)N1CCN(c2ncc(C(F)(F)F)cc2Cl)CC1)C(F)(F)F.C[C@H](Oc1ccc(S(C)(=O)=O)cc1C(=O)O)C(F)(F)F.FC(F)(F)c1cnc(N2CCNCC2)c(Cl)c1. The van der Waals surface area contributed by atoms with Crippen LogP contribution in [-0.2, 0) is 32.0 Å². The van der Waals surface area contributed by atoms with Crippen LogP contribution in [0.15, 0.2) is 70.7 Å². The van der Waals surface area contributed by atoms with E-state index in [-0.39, 0.29) is 57.4 Å². The van der Waals surface area contributed by atoms with Gasteiger partial charge in [0.05, 0.1) is 36.5 Å². The Bertz CT molecular complexity index is 2850. The van der Waals surface area contributed by atoms with Crippen LogP contribution in [0.25, 0.3) is 0 Å². The molecule has 1 amide bonds. The maximum absolute atomic E-state index is 13.2. The summed E-state index contributed by atoms with van der Waals surface area (Å²) in [4.78, 5) is 35.9. The van der Waals surface area contributed by atoms with Gasteiger partial charge in [-0.2, -0.15) is 52.7 Å². The van der Waals surface area contributed by atoms with E-state index in [1.54, 1.807) is 4.90 Å². The highest BCUT2D eigenvalue weighted by Gasteiger charge is 2.40. The van der Waals surface area contributed by atoms with Crippen LogP contribution in [0.4, 0.5) is 64.3 Å². The van der Waals surface area contributed by atoms with E-state index in [0.717, 1.165) is 94.2 Å². The van der Waals surface area contributed by atoms with E-state index in [0.29, 0.717) is 25.1 Å². The van der Waals surface area contributed by atoms with Crippen molar-refractivity contribution in [3.63, 3.8) is 0 Å². The maximum atomic E-state index is 13.2. The minimum absolute atomic E-state index is 0.00916. The van der Waals surface area contributed by atoms with Gasteiger partial charge in [0.2, 0.25) is 0 Å². The standard InChI is InChI=1S/C21H20ClF6N3O4S.C11H11F3O5S.C10H11ClF3N3/c1-12(20(23,24)25)35-17-4-3-14(36(2,33)34)10-15(17)19(32)31-7-5-30(6-8-31)18-16(22)9-13(11-29-18)21(26,27)28;1-6(11(12,13)14)19-9-4-3-7(20(2,17)18)5-8(9)10(15)16;11-8-5-7(10(12,13)14)6-16-9(8)17-3-1-15-2-4-17/h3-4,9-12H,5-8H2,1-2H3;3-6H,1-2H3,(H,15,16);5-6,15H,1-4H2/t12-;6-;/m00./s1. The minimum Gasteiger partial charge on any atom is -0.480 e. The van der Waals surface area contributed by atoms with Gasteiger partial charge in [0, 0.05) is 77.3 Å². The summed E-state index contributed by atoms with van der Waals surface area (Å²) in [6, 6.07) is 7.29. The second-order valence-electron chi connectivity index (χ2n) is 15.8. The van der Waals surface area contributed by atoms with Gasteiger partial charge in [-0.3, -0.25) is 4.79 Å². The van der Waals surface area contributed by atoms with E-state index in [4.69, 9.17) is 33.0 Å². The molecule has 6 rings (SSSR count). The van der Waals surface area contributed by atoms with Gasteiger partial charge >= 0.3 is 30.7 Å². The van der Waals surface area contributed by atoms with Crippen molar-refractivity contribution < 1.29 is 93.7 Å². The second-order valence-corrected chi connectivity index (χ2v) is 20.7. The number of hydrogen-bond acceptors (Lipinski definition) is 13. The number of sulfone groups is 2. The molecule has 0 spiro atoms. The van der Waals surface area contributed by atoms with E-state index in [2.05, 4.69) is 20.0 Å². The number of carboxylic acids is 1. The molecule has 73 heavy (non-hydrogen) atoms. The smallest absolute Gasteiger partial charge is 0.425 e. The number of anilines is 2. The first-order chi connectivity index (χ1) is 33.4. The van der Waals surface area contributed by atoms with Gasteiger partial charge in [0.25, 0.3) is 5.91 Å². The van der Waals surface area contributed by atoms with Crippen molar-refractivity contribution in [1.82, 2.24) is 20.2 Å². The normalized spacial score (nSPS) is 15.8. The third-order valence-electron chi connectivity index (χ3n) is 10.3. The van der Waals surface area contributed by atoms with Crippen molar-refractivity contribution in [2.75, 3.05) is 74.7 Å². The molecule has 31 heteroatoms. The van der Waals surface area contributed by atoms with Crippen molar-refractivity contribution in [2.24, 2.45) is 0 Å². The molecule has 2 aliphatic heterocycles. The van der Waals surface area contributed by atoms with Crippen molar-refractivity contribution in [3.05, 3.63) is 93.2 Å². The number of hydrogen-bond donors (Lipinski definition) is 2. The second kappa shape index (κ2) is 23.4. The van der Waals surface area contributed by atoms with Crippen molar-refractivity contribution in [1.29, 1.82) is 0 Å². The largest absolute Gasteiger partial charge is 0.480 e. The number of carbonyl (C=O) groups is 2. The first-order valence-corrected chi connectivity index (χ1v) is 25.3. The molecule has 2 fully saturated rings. The summed E-state index contributed by atoms with van der Waals surface area (Å²) in [6.07, 6.45) is -19.7. The molecular formula is C42H42Cl2F12N6O9S2. The predicted molar refractivity (Wildman–Crippen MR) is 240 cm³/mol. The molecule has 0 saturated carbocycles. The van der Waals surface area contributed by atoms with Gasteiger partial charge in [-0.25, -0.2) is 31.6 Å². The highest BCUT2D eigenvalue weighted by molar-refractivity contribution is 7.91. The zero-order valence-corrected chi connectivity index (χ0v) is 41.3. The summed E-state index contributed by atoms with van der Waals surface area (Å²) in [5.41, 5.74) is -2.85. The fraction of sp³-hybridized carbons (Fsp3) is 0.429. The average Bonchev–Trinajstić information content (AvgIpc) is 3.27. The molecule has 4 aromatic rings. The van der Waals surface area contributed by atoms with Gasteiger partial charge in [-0.15, -0.1) is 0 Å². The zero-order valence-electron chi connectivity index (χ0n) is 38.1. The Morgan fingerprint density at radius 3 is 1.33 bits per heavy atom. The fourth-order valence-corrected chi connectivity index (χ4v) is 8.21. The first-order valence-electron chi connectivity index (χ1n) is 20.7. The minimum atomic E-state index is -4.73. The number of aromatic nitrogens is 2. The van der Waals surface area contributed by atoms with Crippen LogP contribution in [0.3, 0.4) is 0 Å². The third-order valence-corrected chi connectivity index (χ3v) is 13.1. The fourth-order valence-electron chi connectivity index (χ4n) is 6.34. The summed E-state index contributed by atoms with van der Waals surface area (Å²) in [5, 5.41) is 11.9. The van der Waals surface area contributed by atoms with Crippen LogP contribution in [0.5, 0.6) is 11.5 Å². The molecule has 15 nitrogen and oxygen atoms in total. The van der Waals surface area contributed by atoms with Gasteiger partial charge < -0.3 is 34.6 Å². The molecular weight excluding hydrogens is 1100 g/mol. The number of benzene rings is 2. The number of ether oxygens (including phenoxy) is 2. The predicted octanol–water partition coefficient (Wildman–Crippen LogP) is 8.73. The van der Waals surface area contributed by atoms with Gasteiger partial charge in [-0.05, 0) is 62.4 Å². The summed E-state index contributed by atoms with van der Waals surface area (Å²) >= 11 is 11.8. The molecule has 0 radical (unpaired) electrons. The lowest BCUT2D eigenvalue weighted by atomic mass is 10.1. The molecule has 2 atom stereocenters. The van der Waals surface area contributed by atoms with Gasteiger partial charge in [0.15, 0.2) is 31.9 Å². The summed E-state index contributed by atoms with van der Waals surface area (Å²) in [7, 11) is -7.46. The van der Waals surface area contributed by atoms with Crippen molar-refractivity contribution in [3.8, 4) is 11.5 Å². The molecule has 2 aromatic heterocycles. The number of piperazine rings is 2. The molecule has 4 heterocycles. The monoisotopic (exact) mass is 1140 g/mol. The molecule has 2 aliphatic rings. The molecule has 2 N–H and O–H groups in total. The number of pyridine rings is 2. The van der Waals surface area contributed by atoms with Crippen molar-refractivity contribution >= 4 is 66.4 Å². The summed E-state index contributed by atoms with van der Waals surface area (Å²) < 4.78 is 208. The van der Waals surface area contributed by atoms with Gasteiger partial charge in [0.1, 0.15) is 28.7 Å². The lowest BCUT2D eigenvalue weighted by Gasteiger charge is -2.36. The molecule has 404 valence electrons. The van der Waals surface area contributed by atoms with Crippen LogP contribution in [0, 0.1) is 0 Å². The molecule has 2 saturated heterocycles. The van der Waals surface area contributed by atoms with E-state index in [1.165, 1.54) is 4.90 Å². The van der Waals surface area contributed by atoms with E-state index < -0.39 is 96.7 Å². The molecule has 2 aromatic carbocycles. The van der Waals surface area contributed by atoms with Crippen LogP contribution in [-0.4, -0.2) is 138 Å². The van der Waals surface area contributed by atoms with Crippen LogP contribution < -0.4 is 24.6 Å². The lowest BCUT2D eigenvalue weighted by molar-refractivity contribution is -0.189.